The predicted octanol–water partition coefficient (Wildman–Crippen LogP) is 2.79. The van der Waals surface area contributed by atoms with E-state index in [0.29, 0.717) is 23.4 Å². The van der Waals surface area contributed by atoms with Crippen LogP contribution in [-0.4, -0.2) is 43.9 Å². The molecule has 0 aliphatic heterocycles. The summed E-state index contributed by atoms with van der Waals surface area (Å²) in [7, 11) is 3.80. The van der Waals surface area contributed by atoms with Crippen LogP contribution in [0.1, 0.15) is 5.56 Å². The van der Waals surface area contributed by atoms with E-state index >= 15 is 0 Å². The SMILES string of the molecule is Cc1c(-c2ccn(C)n2)cn2nc(-c3nccn3C)nc(Nc3ncccn3)c12.Cl. The molecular formula is C19H19ClN10. The molecule has 0 bridgehead atoms. The van der Waals surface area contributed by atoms with Crippen molar-refractivity contribution in [1.82, 2.24) is 43.9 Å². The first-order valence-electron chi connectivity index (χ1n) is 9.02. The molecule has 11 heteroatoms. The Morgan fingerprint density at radius 2 is 1.77 bits per heavy atom. The minimum absolute atomic E-state index is 0. The maximum absolute atomic E-state index is 4.74. The molecule has 0 amide bonds. The number of halogens is 1. The lowest BCUT2D eigenvalue weighted by Crippen LogP contribution is -2.07. The Hall–Kier alpha value is -3.79. The Bertz CT molecular complexity index is 1320. The van der Waals surface area contributed by atoms with Crippen LogP contribution >= 0.6 is 12.4 Å². The second-order valence-electron chi connectivity index (χ2n) is 6.68. The van der Waals surface area contributed by atoms with E-state index in [0.717, 1.165) is 22.3 Å². The lowest BCUT2D eigenvalue weighted by atomic mass is 10.1. The van der Waals surface area contributed by atoms with Crippen LogP contribution in [0.4, 0.5) is 11.8 Å². The standard InChI is InChI=1S/C19H18N10.ClH/c1-12-13(14-5-9-28(3)25-14)11-29-15(12)16(24-19-21-6-4-7-22-19)23-17(26-29)18-20-8-10-27(18)2;/h4-11H,1-3H3,(H,21,22,23,24,26);1H. The smallest absolute Gasteiger partial charge is 0.228 e. The quantitative estimate of drug-likeness (QED) is 0.475. The van der Waals surface area contributed by atoms with E-state index in [1.54, 1.807) is 29.3 Å². The van der Waals surface area contributed by atoms with Gasteiger partial charge in [0, 0.05) is 56.8 Å². The van der Waals surface area contributed by atoms with Crippen molar-refractivity contribution in [1.29, 1.82) is 0 Å². The van der Waals surface area contributed by atoms with Crippen molar-refractivity contribution in [3.63, 3.8) is 0 Å². The Kier molecular flexibility index (Phi) is 4.92. The Labute approximate surface area is 178 Å². The number of nitrogens with zero attached hydrogens (tertiary/aromatic N) is 9. The number of nitrogens with one attached hydrogen (secondary N) is 1. The molecule has 0 aromatic carbocycles. The number of aryl methyl sites for hydroxylation is 3. The number of hydrogen-bond acceptors (Lipinski definition) is 7. The first-order valence-corrected chi connectivity index (χ1v) is 9.02. The molecule has 0 radical (unpaired) electrons. The van der Waals surface area contributed by atoms with Crippen LogP contribution in [0.2, 0.25) is 0 Å². The van der Waals surface area contributed by atoms with Crippen LogP contribution in [0.3, 0.4) is 0 Å². The summed E-state index contributed by atoms with van der Waals surface area (Å²) in [6.07, 6.45) is 10.8. The summed E-state index contributed by atoms with van der Waals surface area (Å²) in [5.74, 6) is 2.21. The monoisotopic (exact) mass is 422 g/mol. The highest BCUT2D eigenvalue weighted by atomic mass is 35.5. The molecule has 0 aliphatic carbocycles. The number of imidazole rings is 1. The molecule has 1 N–H and O–H groups in total. The Balaban J connectivity index is 0.00000218. The second kappa shape index (κ2) is 7.56. The molecule has 0 saturated heterocycles. The van der Waals surface area contributed by atoms with Gasteiger partial charge in [-0.2, -0.15) is 5.10 Å². The van der Waals surface area contributed by atoms with Crippen molar-refractivity contribution in [2.24, 2.45) is 14.1 Å². The van der Waals surface area contributed by atoms with Gasteiger partial charge in [0.05, 0.1) is 5.69 Å². The summed E-state index contributed by atoms with van der Waals surface area (Å²) >= 11 is 0. The van der Waals surface area contributed by atoms with Gasteiger partial charge in [-0.25, -0.2) is 24.5 Å². The summed E-state index contributed by atoms with van der Waals surface area (Å²) in [4.78, 5) is 17.6. The van der Waals surface area contributed by atoms with Crippen molar-refractivity contribution >= 4 is 29.7 Å². The van der Waals surface area contributed by atoms with Crippen molar-refractivity contribution in [2.45, 2.75) is 6.92 Å². The van der Waals surface area contributed by atoms with Gasteiger partial charge in [0.15, 0.2) is 11.6 Å². The maximum atomic E-state index is 4.74. The van der Waals surface area contributed by atoms with Gasteiger partial charge >= 0.3 is 0 Å². The number of fused-ring (bicyclic) bond motifs is 1. The molecule has 30 heavy (non-hydrogen) atoms. The summed E-state index contributed by atoms with van der Waals surface area (Å²) in [6, 6.07) is 3.74. The van der Waals surface area contributed by atoms with Gasteiger partial charge < -0.3 is 9.88 Å². The second-order valence-corrected chi connectivity index (χ2v) is 6.68. The van der Waals surface area contributed by atoms with Gasteiger partial charge in [0.1, 0.15) is 5.52 Å². The van der Waals surface area contributed by atoms with Crippen LogP contribution in [0.15, 0.2) is 49.3 Å². The molecule has 0 atom stereocenters. The molecular weight excluding hydrogens is 404 g/mol. The third-order valence-electron chi connectivity index (χ3n) is 4.69. The number of anilines is 2. The van der Waals surface area contributed by atoms with Gasteiger partial charge in [-0.15, -0.1) is 17.5 Å². The average Bonchev–Trinajstić information content (AvgIpc) is 3.41. The first-order chi connectivity index (χ1) is 14.1. The Morgan fingerprint density at radius 3 is 2.43 bits per heavy atom. The van der Waals surface area contributed by atoms with Crippen LogP contribution in [0, 0.1) is 6.92 Å². The highest BCUT2D eigenvalue weighted by Crippen LogP contribution is 2.31. The van der Waals surface area contributed by atoms with Crippen molar-refractivity contribution < 1.29 is 0 Å². The third kappa shape index (κ3) is 3.26. The largest absolute Gasteiger partial charge is 0.331 e. The van der Waals surface area contributed by atoms with Crippen LogP contribution in [0.25, 0.3) is 28.4 Å². The van der Waals surface area contributed by atoms with Crippen LogP contribution in [0.5, 0.6) is 0 Å². The summed E-state index contributed by atoms with van der Waals surface area (Å²) < 4.78 is 5.46. The number of aromatic nitrogens is 9. The minimum atomic E-state index is 0. The highest BCUT2D eigenvalue weighted by molar-refractivity contribution is 5.85. The molecule has 5 heterocycles. The molecule has 0 saturated carbocycles. The first kappa shape index (κ1) is 19.5. The molecule has 0 unspecified atom stereocenters. The fourth-order valence-corrected chi connectivity index (χ4v) is 3.28. The summed E-state index contributed by atoms with van der Waals surface area (Å²) in [6.45, 7) is 2.03. The molecule has 5 aromatic rings. The topological polar surface area (TPSA) is 104 Å². The highest BCUT2D eigenvalue weighted by Gasteiger charge is 2.19. The lowest BCUT2D eigenvalue weighted by molar-refractivity contribution is 0.770. The van der Waals surface area contributed by atoms with Gasteiger partial charge in [0.2, 0.25) is 11.8 Å². The van der Waals surface area contributed by atoms with Gasteiger partial charge in [-0.3, -0.25) is 4.68 Å². The van der Waals surface area contributed by atoms with E-state index in [1.165, 1.54) is 0 Å². The number of rotatable bonds is 4. The molecule has 0 aliphatic rings. The van der Waals surface area contributed by atoms with E-state index in [-0.39, 0.29) is 12.4 Å². The zero-order valence-electron chi connectivity index (χ0n) is 16.6. The van der Waals surface area contributed by atoms with E-state index in [9.17, 15) is 0 Å². The minimum Gasteiger partial charge on any atom is -0.331 e. The van der Waals surface area contributed by atoms with Gasteiger partial charge in [0.25, 0.3) is 0 Å². The van der Waals surface area contributed by atoms with E-state index in [1.807, 2.05) is 54.8 Å². The maximum Gasteiger partial charge on any atom is 0.228 e. The van der Waals surface area contributed by atoms with Crippen molar-refractivity contribution in [3.8, 4) is 22.9 Å². The van der Waals surface area contributed by atoms with Gasteiger partial charge in [-0.05, 0) is 24.6 Å². The zero-order valence-corrected chi connectivity index (χ0v) is 17.4. The fourth-order valence-electron chi connectivity index (χ4n) is 3.28. The molecule has 5 rings (SSSR count). The molecule has 10 nitrogen and oxygen atoms in total. The molecule has 0 fully saturated rings. The van der Waals surface area contributed by atoms with Gasteiger partial charge in [-0.1, -0.05) is 0 Å². The molecule has 152 valence electrons. The van der Waals surface area contributed by atoms with Crippen LogP contribution in [-0.2, 0) is 14.1 Å². The predicted molar refractivity (Wildman–Crippen MR) is 115 cm³/mol. The lowest BCUT2D eigenvalue weighted by Gasteiger charge is -2.09. The normalized spacial score (nSPS) is 10.9. The van der Waals surface area contributed by atoms with E-state index in [4.69, 9.17) is 10.1 Å². The fraction of sp³-hybridized carbons (Fsp3) is 0.158. The zero-order chi connectivity index (χ0) is 20.0. The van der Waals surface area contributed by atoms with Crippen molar-refractivity contribution in [2.75, 3.05) is 5.32 Å². The average molecular weight is 423 g/mol. The Morgan fingerprint density at radius 1 is 0.967 bits per heavy atom. The number of hydrogen-bond donors (Lipinski definition) is 1. The van der Waals surface area contributed by atoms with Crippen molar-refractivity contribution in [3.05, 3.63) is 54.9 Å². The van der Waals surface area contributed by atoms with E-state index < -0.39 is 0 Å². The molecule has 5 aromatic heterocycles. The van der Waals surface area contributed by atoms with Crippen LogP contribution < -0.4 is 5.32 Å². The summed E-state index contributed by atoms with van der Waals surface area (Å²) in [5, 5.41) is 12.5. The summed E-state index contributed by atoms with van der Waals surface area (Å²) in [5.41, 5.74) is 3.69. The third-order valence-corrected chi connectivity index (χ3v) is 4.69. The van der Waals surface area contributed by atoms with E-state index in [2.05, 4.69) is 25.4 Å². The molecule has 0 spiro atoms.